The molecule has 0 aromatic carbocycles. The highest BCUT2D eigenvalue weighted by atomic mass is 16.5. The Kier molecular flexibility index (Phi) is 7.03. The van der Waals surface area contributed by atoms with E-state index in [0.717, 1.165) is 32.1 Å². The summed E-state index contributed by atoms with van der Waals surface area (Å²) >= 11 is 0. The minimum Gasteiger partial charge on any atom is -0.477 e. The first-order valence-electron chi connectivity index (χ1n) is 8.84. The molecule has 1 aromatic heterocycles. The third-order valence-electron chi connectivity index (χ3n) is 4.46. The van der Waals surface area contributed by atoms with Crippen molar-refractivity contribution in [2.24, 2.45) is 0 Å². The average molecular weight is 349 g/mol. The molecule has 0 unspecified atom stereocenters. The van der Waals surface area contributed by atoms with Crippen LogP contribution in [0, 0.1) is 0 Å². The summed E-state index contributed by atoms with van der Waals surface area (Å²) in [6.07, 6.45) is 8.22. The van der Waals surface area contributed by atoms with Gasteiger partial charge in [0.2, 0.25) is 11.8 Å². The van der Waals surface area contributed by atoms with E-state index in [1.165, 1.54) is 22.7 Å². The van der Waals surface area contributed by atoms with Crippen LogP contribution in [0.25, 0.3) is 0 Å². The second kappa shape index (κ2) is 9.25. The van der Waals surface area contributed by atoms with Crippen molar-refractivity contribution in [1.29, 1.82) is 0 Å². The molecule has 1 amide bonds. The van der Waals surface area contributed by atoms with E-state index in [1.807, 2.05) is 19.9 Å². The van der Waals surface area contributed by atoms with Crippen LogP contribution in [-0.4, -0.2) is 39.4 Å². The standard InChI is InChI=1S/C18H27N3O4/c1-3-13(2)9-10-25-17-11-15(18(23)24)20-21(17)12-16(22)19-14-7-5-4-6-8-14/h3,11,14H,4-10,12H2,1-2H3,(H,19,22)(H,23,24)/b13-3+. The molecule has 1 fully saturated rings. The Balaban J connectivity index is 1.98. The van der Waals surface area contributed by atoms with E-state index in [0.29, 0.717) is 12.5 Å². The van der Waals surface area contributed by atoms with Crippen LogP contribution in [0.3, 0.4) is 0 Å². The SMILES string of the molecule is C/C=C(\C)CCOc1cc(C(=O)O)nn1CC(=O)NC1CCCCC1. The quantitative estimate of drug-likeness (QED) is 0.704. The largest absolute Gasteiger partial charge is 0.477 e. The van der Waals surface area contributed by atoms with E-state index in [-0.39, 0.29) is 24.2 Å². The number of amides is 1. The predicted octanol–water partition coefficient (Wildman–Crippen LogP) is 2.77. The number of carboxylic acids is 1. The summed E-state index contributed by atoms with van der Waals surface area (Å²) in [5.41, 5.74) is 1.06. The zero-order valence-corrected chi connectivity index (χ0v) is 15.0. The van der Waals surface area contributed by atoms with Gasteiger partial charge in [-0.3, -0.25) is 4.79 Å². The molecular formula is C18H27N3O4. The Morgan fingerprint density at radius 1 is 1.40 bits per heavy atom. The van der Waals surface area contributed by atoms with Gasteiger partial charge in [0, 0.05) is 18.5 Å². The molecule has 138 valence electrons. The number of ether oxygens (including phenoxy) is 1. The first kappa shape index (κ1) is 19.0. The molecule has 1 aromatic rings. The second-order valence-corrected chi connectivity index (χ2v) is 6.47. The fourth-order valence-corrected chi connectivity index (χ4v) is 2.85. The highest BCUT2D eigenvalue weighted by molar-refractivity contribution is 5.85. The Morgan fingerprint density at radius 3 is 2.76 bits per heavy atom. The molecule has 0 atom stereocenters. The lowest BCUT2D eigenvalue weighted by Crippen LogP contribution is -2.38. The van der Waals surface area contributed by atoms with E-state index in [2.05, 4.69) is 10.4 Å². The predicted molar refractivity (Wildman–Crippen MR) is 93.7 cm³/mol. The van der Waals surface area contributed by atoms with Crippen molar-refractivity contribution < 1.29 is 19.4 Å². The molecule has 0 radical (unpaired) electrons. The molecule has 0 saturated heterocycles. The summed E-state index contributed by atoms with van der Waals surface area (Å²) in [6.45, 7) is 4.32. The van der Waals surface area contributed by atoms with Crippen LogP contribution in [0.15, 0.2) is 17.7 Å². The van der Waals surface area contributed by atoms with Gasteiger partial charge in [-0.25, -0.2) is 9.48 Å². The smallest absolute Gasteiger partial charge is 0.356 e. The maximum atomic E-state index is 12.3. The molecule has 7 heteroatoms. The molecule has 7 nitrogen and oxygen atoms in total. The number of nitrogens with one attached hydrogen (secondary N) is 1. The van der Waals surface area contributed by atoms with Gasteiger partial charge in [0.05, 0.1) is 6.61 Å². The molecule has 0 aliphatic heterocycles. The van der Waals surface area contributed by atoms with Crippen molar-refractivity contribution in [2.45, 2.75) is 65.0 Å². The van der Waals surface area contributed by atoms with Crippen LogP contribution >= 0.6 is 0 Å². The van der Waals surface area contributed by atoms with Crippen molar-refractivity contribution in [3.63, 3.8) is 0 Å². The van der Waals surface area contributed by atoms with Crippen LogP contribution in [0.2, 0.25) is 0 Å². The van der Waals surface area contributed by atoms with Gasteiger partial charge in [-0.1, -0.05) is 30.9 Å². The van der Waals surface area contributed by atoms with E-state index >= 15 is 0 Å². The normalized spacial score (nSPS) is 15.8. The average Bonchev–Trinajstić information content (AvgIpc) is 2.98. The molecule has 1 saturated carbocycles. The highest BCUT2D eigenvalue weighted by Crippen LogP contribution is 2.18. The lowest BCUT2D eigenvalue weighted by molar-refractivity contribution is -0.122. The van der Waals surface area contributed by atoms with Gasteiger partial charge in [0.1, 0.15) is 6.54 Å². The molecule has 1 aliphatic carbocycles. The van der Waals surface area contributed by atoms with E-state index in [1.54, 1.807) is 0 Å². The van der Waals surface area contributed by atoms with Gasteiger partial charge >= 0.3 is 5.97 Å². The monoisotopic (exact) mass is 349 g/mol. The Morgan fingerprint density at radius 2 is 2.12 bits per heavy atom. The number of allylic oxidation sites excluding steroid dienone is 1. The van der Waals surface area contributed by atoms with E-state index in [9.17, 15) is 9.59 Å². The molecule has 1 heterocycles. The molecular weight excluding hydrogens is 322 g/mol. The van der Waals surface area contributed by atoms with Crippen LogP contribution in [0.5, 0.6) is 5.88 Å². The Hall–Kier alpha value is -2.31. The lowest BCUT2D eigenvalue weighted by Gasteiger charge is -2.22. The Bertz CT molecular complexity index is 630. The fraction of sp³-hybridized carbons (Fsp3) is 0.611. The number of hydrogen-bond donors (Lipinski definition) is 2. The first-order chi connectivity index (χ1) is 12.0. The van der Waals surface area contributed by atoms with Gasteiger partial charge < -0.3 is 15.2 Å². The zero-order valence-electron chi connectivity index (χ0n) is 15.0. The maximum Gasteiger partial charge on any atom is 0.356 e. The van der Waals surface area contributed by atoms with Crippen LogP contribution in [0.4, 0.5) is 0 Å². The maximum absolute atomic E-state index is 12.3. The summed E-state index contributed by atoms with van der Waals surface area (Å²) in [7, 11) is 0. The van der Waals surface area contributed by atoms with E-state index < -0.39 is 5.97 Å². The Labute approximate surface area is 148 Å². The van der Waals surface area contributed by atoms with Crippen LogP contribution < -0.4 is 10.1 Å². The van der Waals surface area contributed by atoms with Crippen molar-refractivity contribution in [3.8, 4) is 5.88 Å². The van der Waals surface area contributed by atoms with Gasteiger partial charge in [0.25, 0.3) is 0 Å². The number of carbonyl (C=O) groups excluding carboxylic acids is 1. The molecule has 0 spiro atoms. The molecule has 2 rings (SSSR count). The van der Waals surface area contributed by atoms with E-state index in [4.69, 9.17) is 9.84 Å². The summed E-state index contributed by atoms with van der Waals surface area (Å²) in [4.78, 5) is 23.4. The number of carboxylic acid groups (broad SMARTS) is 1. The number of rotatable bonds is 8. The van der Waals surface area contributed by atoms with Crippen molar-refractivity contribution >= 4 is 11.9 Å². The topological polar surface area (TPSA) is 93.4 Å². The van der Waals surface area contributed by atoms with Gasteiger partial charge in [-0.15, -0.1) is 0 Å². The van der Waals surface area contributed by atoms with Crippen LogP contribution in [0.1, 0.15) is 62.9 Å². The molecule has 25 heavy (non-hydrogen) atoms. The van der Waals surface area contributed by atoms with Gasteiger partial charge in [-0.05, 0) is 26.7 Å². The second-order valence-electron chi connectivity index (χ2n) is 6.47. The van der Waals surface area contributed by atoms with Crippen molar-refractivity contribution in [2.75, 3.05) is 6.61 Å². The number of aromatic nitrogens is 2. The molecule has 1 aliphatic rings. The highest BCUT2D eigenvalue weighted by Gasteiger charge is 2.19. The van der Waals surface area contributed by atoms with Gasteiger partial charge in [0.15, 0.2) is 5.69 Å². The third kappa shape index (κ3) is 5.92. The summed E-state index contributed by atoms with van der Waals surface area (Å²) in [5.74, 6) is -0.998. The molecule has 0 bridgehead atoms. The third-order valence-corrected chi connectivity index (χ3v) is 4.46. The number of nitrogens with zero attached hydrogens (tertiary/aromatic N) is 2. The lowest BCUT2D eigenvalue weighted by atomic mass is 9.95. The number of aromatic carboxylic acids is 1. The summed E-state index contributed by atoms with van der Waals surface area (Å²) in [5, 5.41) is 16.1. The zero-order chi connectivity index (χ0) is 18.2. The minimum atomic E-state index is -1.14. The van der Waals surface area contributed by atoms with Crippen LogP contribution in [-0.2, 0) is 11.3 Å². The minimum absolute atomic E-state index is 0.0400. The first-order valence-corrected chi connectivity index (χ1v) is 8.84. The number of carbonyl (C=O) groups is 2. The fourth-order valence-electron chi connectivity index (χ4n) is 2.85. The van der Waals surface area contributed by atoms with Crippen molar-refractivity contribution in [1.82, 2.24) is 15.1 Å². The number of hydrogen-bond acceptors (Lipinski definition) is 4. The summed E-state index contributed by atoms with van der Waals surface area (Å²) in [6, 6.07) is 1.57. The van der Waals surface area contributed by atoms with Crippen molar-refractivity contribution in [3.05, 3.63) is 23.4 Å². The van der Waals surface area contributed by atoms with Gasteiger partial charge in [-0.2, -0.15) is 5.10 Å². The molecule has 2 N–H and O–H groups in total. The summed E-state index contributed by atoms with van der Waals surface area (Å²) < 4.78 is 6.97.